The minimum absolute atomic E-state index is 0.696. The third-order valence-corrected chi connectivity index (χ3v) is 4.93. The summed E-state index contributed by atoms with van der Waals surface area (Å²) < 4.78 is 12.1. The molecule has 116 valence electrons. The van der Waals surface area contributed by atoms with Crippen LogP contribution in [0.25, 0.3) is 0 Å². The van der Waals surface area contributed by atoms with E-state index in [9.17, 15) is 4.39 Å². The Kier molecular flexibility index (Phi) is 6.99. The van der Waals surface area contributed by atoms with Crippen LogP contribution in [0.15, 0.2) is 36.7 Å². The molecule has 0 nitrogen and oxygen atoms in total. The summed E-state index contributed by atoms with van der Waals surface area (Å²) in [4.78, 5) is 0. The molecule has 0 radical (unpaired) electrons. The molecule has 0 atom stereocenters. The molecule has 1 aromatic carbocycles. The Hall–Kier alpha value is -1.11. The molecule has 0 unspecified atom stereocenters. The highest BCUT2D eigenvalue weighted by Gasteiger charge is 2.21. The summed E-state index contributed by atoms with van der Waals surface area (Å²) in [6.45, 7) is 2.25. The van der Waals surface area contributed by atoms with Gasteiger partial charge < -0.3 is 0 Å². The van der Waals surface area contributed by atoms with Crippen molar-refractivity contribution in [1.29, 1.82) is 0 Å². The van der Waals surface area contributed by atoms with Gasteiger partial charge in [0.2, 0.25) is 0 Å². The zero-order valence-corrected chi connectivity index (χ0v) is 13.4. The van der Waals surface area contributed by atoms with Gasteiger partial charge in [0.05, 0.1) is 6.33 Å². The number of halogens is 1. The second kappa shape index (κ2) is 9.02. The molecule has 0 aromatic heterocycles. The standard InChI is InChI=1S/C20H29F/c1-2-3-4-6-17-8-12-19(13-9-17)20-14-10-18(11-15-20)7-5-16-21/h5,8-9,12-13,16,18,20H,2-4,6-7,10-11,14-15H2,1H3. The molecule has 0 heterocycles. The molecule has 0 saturated heterocycles. The SMILES string of the molecule is CCCCCc1ccc(C2CCC(CC=CF)CC2)cc1. The lowest BCUT2D eigenvalue weighted by Gasteiger charge is -2.28. The Morgan fingerprint density at radius 2 is 1.76 bits per heavy atom. The normalized spacial score (nSPS) is 22.8. The molecule has 1 aromatic rings. The summed E-state index contributed by atoms with van der Waals surface area (Å²) in [5, 5.41) is 0. The van der Waals surface area contributed by atoms with E-state index in [0.717, 1.165) is 12.3 Å². The van der Waals surface area contributed by atoms with Crippen molar-refractivity contribution in [2.75, 3.05) is 0 Å². The van der Waals surface area contributed by atoms with Crippen LogP contribution in [0.1, 0.15) is 75.3 Å². The molecular formula is C20H29F. The first-order valence-corrected chi connectivity index (χ1v) is 8.67. The van der Waals surface area contributed by atoms with E-state index in [0.29, 0.717) is 12.2 Å². The Balaban J connectivity index is 1.80. The maximum atomic E-state index is 12.1. The fourth-order valence-corrected chi connectivity index (χ4v) is 3.51. The first-order chi connectivity index (χ1) is 10.3. The van der Waals surface area contributed by atoms with Crippen LogP contribution in [0.5, 0.6) is 0 Å². The fourth-order valence-electron chi connectivity index (χ4n) is 3.51. The Morgan fingerprint density at radius 3 is 2.38 bits per heavy atom. The van der Waals surface area contributed by atoms with Gasteiger partial charge in [0.15, 0.2) is 0 Å². The average molecular weight is 288 g/mol. The predicted octanol–water partition coefficient (Wildman–Crippen LogP) is 6.57. The summed E-state index contributed by atoms with van der Waals surface area (Å²) in [5.74, 6) is 1.42. The van der Waals surface area contributed by atoms with E-state index in [1.54, 1.807) is 6.08 Å². The molecular weight excluding hydrogens is 259 g/mol. The number of benzene rings is 1. The molecule has 1 aliphatic rings. The van der Waals surface area contributed by atoms with Crippen LogP contribution in [0.4, 0.5) is 4.39 Å². The van der Waals surface area contributed by atoms with Gasteiger partial charge >= 0.3 is 0 Å². The van der Waals surface area contributed by atoms with Crippen molar-refractivity contribution >= 4 is 0 Å². The van der Waals surface area contributed by atoms with Gasteiger partial charge in [-0.2, -0.15) is 0 Å². The Bertz CT molecular complexity index is 410. The van der Waals surface area contributed by atoms with Crippen LogP contribution >= 0.6 is 0 Å². The first kappa shape index (κ1) is 16.3. The Labute approximate surface area is 129 Å². The van der Waals surface area contributed by atoms with Crippen molar-refractivity contribution < 1.29 is 4.39 Å². The number of hydrogen-bond acceptors (Lipinski definition) is 0. The van der Waals surface area contributed by atoms with Crippen LogP contribution in [-0.2, 0) is 6.42 Å². The van der Waals surface area contributed by atoms with Crippen molar-refractivity contribution in [3.8, 4) is 0 Å². The van der Waals surface area contributed by atoms with E-state index < -0.39 is 0 Å². The number of aryl methyl sites for hydroxylation is 1. The van der Waals surface area contributed by atoms with E-state index in [1.165, 1.54) is 62.5 Å². The van der Waals surface area contributed by atoms with Gasteiger partial charge in [0.1, 0.15) is 0 Å². The minimum atomic E-state index is 0.696. The zero-order valence-electron chi connectivity index (χ0n) is 13.4. The van der Waals surface area contributed by atoms with Crippen molar-refractivity contribution in [2.24, 2.45) is 5.92 Å². The van der Waals surface area contributed by atoms with Crippen molar-refractivity contribution in [2.45, 2.75) is 70.6 Å². The Morgan fingerprint density at radius 1 is 1.05 bits per heavy atom. The van der Waals surface area contributed by atoms with E-state index >= 15 is 0 Å². The van der Waals surface area contributed by atoms with Crippen molar-refractivity contribution in [3.63, 3.8) is 0 Å². The van der Waals surface area contributed by atoms with E-state index in [-0.39, 0.29) is 0 Å². The van der Waals surface area contributed by atoms with Gasteiger partial charge in [-0.25, -0.2) is 4.39 Å². The average Bonchev–Trinajstić information content (AvgIpc) is 2.54. The number of rotatable bonds is 7. The van der Waals surface area contributed by atoms with Crippen molar-refractivity contribution in [1.82, 2.24) is 0 Å². The summed E-state index contributed by atoms with van der Waals surface area (Å²) in [6, 6.07) is 9.33. The summed E-state index contributed by atoms with van der Waals surface area (Å²) >= 11 is 0. The molecule has 1 heteroatoms. The van der Waals surface area contributed by atoms with Gasteiger partial charge in [-0.15, -0.1) is 0 Å². The highest BCUT2D eigenvalue weighted by atomic mass is 19.1. The van der Waals surface area contributed by atoms with Crippen LogP contribution in [-0.4, -0.2) is 0 Å². The lowest BCUT2D eigenvalue weighted by molar-refractivity contribution is 0.327. The topological polar surface area (TPSA) is 0 Å². The third-order valence-electron chi connectivity index (χ3n) is 4.93. The molecule has 0 spiro atoms. The van der Waals surface area contributed by atoms with Gasteiger partial charge in [-0.3, -0.25) is 0 Å². The van der Waals surface area contributed by atoms with E-state index in [2.05, 4.69) is 31.2 Å². The zero-order chi connectivity index (χ0) is 14.9. The highest BCUT2D eigenvalue weighted by Crippen LogP contribution is 2.37. The molecule has 1 fully saturated rings. The number of unbranched alkanes of at least 4 members (excludes halogenated alkanes) is 2. The quantitative estimate of drug-likeness (QED) is 0.498. The summed E-state index contributed by atoms with van der Waals surface area (Å²) in [5.41, 5.74) is 2.99. The molecule has 0 aliphatic heterocycles. The summed E-state index contributed by atoms with van der Waals surface area (Å²) in [6.07, 6.45) is 13.5. The summed E-state index contributed by atoms with van der Waals surface area (Å²) in [7, 11) is 0. The predicted molar refractivity (Wildman–Crippen MR) is 89.2 cm³/mol. The molecule has 1 saturated carbocycles. The largest absolute Gasteiger partial charge is 0.216 e. The molecule has 21 heavy (non-hydrogen) atoms. The highest BCUT2D eigenvalue weighted by molar-refractivity contribution is 5.26. The molecule has 1 aliphatic carbocycles. The maximum absolute atomic E-state index is 12.1. The molecule has 2 rings (SSSR count). The first-order valence-electron chi connectivity index (χ1n) is 8.67. The second-order valence-corrected chi connectivity index (χ2v) is 6.51. The van der Waals surface area contributed by atoms with Gasteiger partial charge in [-0.05, 0) is 67.9 Å². The maximum Gasteiger partial charge on any atom is 0.0827 e. The molecule has 0 bridgehead atoms. The monoisotopic (exact) mass is 288 g/mol. The third kappa shape index (κ3) is 5.30. The number of hydrogen-bond donors (Lipinski definition) is 0. The van der Waals surface area contributed by atoms with Gasteiger partial charge in [0, 0.05) is 0 Å². The number of allylic oxidation sites excluding steroid dienone is 1. The second-order valence-electron chi connectivity index (χ2n) is 6.51. The lowest BCUT2D eigenvalue weighted by atomic mass is 9.77. The molecule has 0 N–H and O–H groups in total. The smallest absolute Gasteiger partial charge is 0.0827 e. The molecule has 0 amide bonds. The van der Waals surface area contributed by atoms with E-state index in [1.807, 2.05) is 0 Å². The van der Waals surface area contributed by atoms with Crippen LogP contribution in [0, 0.1) is 5.92 Å². The van der Waals surface area contributed by atoms with Crippen molar-refractivity contribution in [3.05, 3.63) is 47.8 Å². The van der Waals surface area contributed by atoms with E-state index in [4.69, 9.17) is 0 Å². The minimum Gasteiger partial charge on any atom is -0.216 e. The van der Waals surface area contributed by atoms with Gasteiger partial charge in [0.25, 0.3) is 0 Å². The van der Waals surface area contributed by atoms with Crippen LogP contribution in [0.3, 0.4) is 0 Å². The van der Waals surface area contributed by atoms with Gasteiger partial charge in [-0.1, -0.05) is 50.1 Å². The van der Waals surface area contributed by atoms with Crippen LogP contribution < -0.4 is 0 Å². The fraction of sp³-hybridized carbons (Fsp3) is 0.600. The van der Waals surface area contributed by atoms with Crippen LogP contribution in [0.2, 0.25) is 0 Å². The lowest BCUT2D eigenvalue weighted by Crippen LogP contribution is -2.12.